The molecule has 0 bridgehead atoms. The van der Waals surface area contributed by atoms with Crippen molar-refractivity contribution in [2.75, 3.05) is 25.0 Å². The lowest BCUT2D eigenvalue weighted by Gasteiger charge is -2.34. The van der Waals surface area contributed by atoms with Crippen LogP contribution in [0, 0.1) is 5.92 Å². The summed E-state index contributed by atoms with van der Waals surface area (Å²) >= 11 is 5.87. The fraction of sp³-hybridized carbons (Fsp3) is 0.625. The van der Waals surface area contributed by atoms with Crippen LogP contribution in [0.1, 0.15) is 44.1 Å². The van der Waals surface area contributed by atoms with E-state index in [0.717, 1.165) is 12.8 Å². The number of likely N-dealkylation sites (tertiary alicyclic amines) is 1. The Morgan fingerprint density at radius 1 is 1.42 bits per heavy atom. The van der Waals surface area contributed by atoms with E-state index in [2.05, 4.69) is 15.5 Å². The average Bonchev–Trinajstić information content (AvgIpc) is 2.58. The highest BCUT2D eigenvalue weighted by molar-refractivity contribution is 6.29. The molecule has 9 nitrogen and oxygen atoms in total. The first-order valence-electron chi connectivity index (χ1n) is 8.45. The number of carbonyl (C=O) groups is 2. The molecular weight excluding hydrogens is 360 g/mol. The normalized spacial score (nSPS) is 17.6. The van der Waals surface area contributed by atoms with Crippen molar-refractivity contribution in [3.05, 3.63) is 16.9 Å². The lowest BCUT2D eigenvalue weighted by atomic mass is 9.98. The van der Waals surface area contributed by atoms with Crippen LogP contribution in [0.25, 0.3) is 0 Å². The predicted octanol–water partition coefficient (Wildman–Crippen LogP) is 1.79. The van der Waals surface area contributed by atoms with E-state index < -0.39 is 11.5 Å². The van der Waals surface area contributed by atoms with Crippen LogP contribution in [0.3, 0.4) is 0 Å². The van der Waals surface area contributed by atoms with Crippen molar-refractivity contribution in [3.8, 4) is 0 Å². The van der Waals surface area contributed by atoms with E-state index >= 15 is 0 Å². The topological polar surface area (TPSA) is 122 Å². The molecule has 1 aliphatic heterocycles. The fourth-order valence-corrected chi connectivity index (χ4v) is 2.86. The number of carbonyl (C=O) groups excluding carboxylic acids is 2. The number of ether oxygens (including phenoxy) is 1. The quantitative estimate of drug-likeness (QED) is 0.411. The monoisotopic (exact) mass is 384 g/mol. The van der Waals surface area contributed by atoms with Gasteiger partial charge < -0.3 is 15.0 Å². The predicted molar refractivity (Wildman–Crippen MR) is 97.7 cm³/mol. The SMILES string of the molecule is CC(C)(C)OC(=O)N1CCCC(CNc2cc(Cl)nnc2C(=O)NN)C1. The summed E-state index contributed by atoms with van der Waals surface area (Å²) in [6.45, 7) is 7.34. The molecule has 2 heterocycles. The Morgan fingerprint density at radius 2 is 2.15 bits per heavy atom. The smallest absolute Gasteiger partial charge is 0.410 e. The van der Waals surface area contributed by atoms with E-state index in [1.165, 1.54) is 6.07 Å². The van der Waals surface area contributed by atoms with Crippen LogP contribution >= 0.6 is 11.6 Å². The number of hydrazine groups is 1. The molecule has 26 heavy (non-hydrogen) atoms. The second kappa shape index (κ2) is 8.50. The van der Waals surface area contributed by atoms with Crippen molar-refractivity contribution < 1.29 is 14.3 Å². The zero-order valence-electron chi connectivity index (χ0n) is 15.2. The van der Waals surface area contributed by atoms with Crippen molar-refractivity contribution in [3.63, 3.8) is 0 Å². The molecule has 1 atom stereocenters. The van der Waals surface area contributed by atoms with Crippen LogP contribution in [0.15, 0.2) is 6.07 Å². The molecule has 2 rings (SSSR count). The number of piperidine rings is 1. The number of anilines is 1. The number of rotatable bonds is 4. The number of amides is 2. The third-order valence-electron chi connectivity index (χ3n) is 3.86. The van der Waals surface area contributed by atoms with Crippen molar-refractivity contribution in [2.45, 2.75) is 39.2 Å². The molecule has 144 valence electrons. The Hall–Kier alpha value is -2.13. The molecule has 1 saturated heterocycles. The molecule has 4 N–H and O–H groups in total. The Morgan fingerprint density at radius 3 is 2.81 bits per heavy atom. The Kier molecular flexibility index (Phi) is 6.60. The summed E-state index contributed by atoms with van der Waals surface area (Å²) in [4.78, 5) is 25.7. The number of nitrogens with zero attached hydrogens (tertiary/aromatic N) is 3. The molecule has 0 aliphatic carbocycles. The maximum Gasteiger partial charge on any atom is 0.410 e. The zero-order valence-corrected chi connectivity index (χ0v) is 16.0. The number of nitrogens with two attached hydrogens (primary N) is 1. The van der Waals surface area contributed by atoms with E-state index in [-0.39, 0.29) is 22.9 Å². The molecule has 0 spiro atoms. The standard InChI is InChI=1S/C16H25ClN6O3/c1-16(2,3)26-15(25)23-6-4-5-10(9-23)8-19-11-7-12(17)21-22-13(11)14(24)20-18/h7,10H,4-6,8-9,18H2,1-3H3,(H,19,21)(H,20,24). The highest BCUT2D eigenvalue weighted by atomic mass is 35.5. The summed E-state index contributed by atoms with van der Waals surface area (Å²) in [6.07, 6.45) is 1.53. The molecule has 1 aromatic heterocycles. The van der Waals surface area contributed by atoms with Crippen LogP contribution in [-0.4, -0.2) is 52.3 Å². The van der Waals surface area contributed by atoms with Gasteiger partial charge in [0.15, 0.2) is 10.8 Å². The minimum Gasteiger partial charge on any atom is -0.444 e. The lowest BCUT2D eigenvalue weighted by molar-refractivity contribution is 0.0172. The number of hydrogen-bond acceptors (Lipinski definition) is 7. The van der Waals surface area contributed by atoms with Gasteiger partial charge in [-0.1, -0.05) is 11.6 Å². The van der Waals surface area contributed by atoms with Gasteiger partial charge in [-0.25, -0.2) is 10.6 Å². The maximum absolute atomic E-state index is 12.2. The molecule has 1 unspecified atom stereocenters. The van der Waals surface area contributed by atoms with E-state index in [1.807, 2.05) is 26.2 Å². The van der Waals surface area contributed by atoms with Gasteiger partial charge in [-0.15, -0.1) is 10.2 Å². The first-order chi connectivity index (χ1) is 12.2. The molecule has 10 heteroatoms. The van der Waals surface area contributed by atoms with Crippen LogP contribution < -0.4 is 16.6 Å². The van der Waals surface area contributed by atoms with Gasteiger partial charge in [0.25, 0.3) is 5.91 Å². The molecule has 0 saturated carbocycles. The minimum atomic E-state index is -0.560. The van der Waals surface area contributed by atoms with Crippen LogP contribution in [0.2, 0.25) is 5.15 Å². The van der Waals surface area contributed by atoms with Gasteiger partial charge >= 0.3 is 6.09 Å². The third kappa shape index (κ3) is 5.70. The average molecular weight is 385 g/mol. The maximum atomic E-state index is 12.2. The van der Waals surface area contributed by atoms with Crippen molar-refractivity contribution in [2.24, 2.45) is 11.8 Å². The van der Waals surface area contributed by atoms with Crippen molar-refractivity contribution >= 4 is 29.3 Å². The van der Waals surface area contributed by atoms with Gasteiger partial charge in [0, 0.05) is 25.7 Å². The molecular formula is C16H25ClN6O3. The van der Waals surface area contributed by atoms with Crippen molar-refractivity contribution in [1.82, 2.24) is 20.5 Å². The Bertz CT molecular complexity index is 664. The number of aromatic nitrogens is 2. The summed E-state index contributed by atoms with van der Waals surface area (Å²) < 4.78 is 5.43. The van der Waals surface area contributed by atoms with E-state index in [0.29, 0.717) is 25.3 Å². The zero-order chi connectivity index (χ0) is 19.3. The van der Waals surface area contributed by atoms with Gasteiger partial charge in [0.1, 0.15) is 5.60 Å². The highest BCUT2D eigenvalue weighted by Crippen LogP contribution is 2.22. The van der Waals surface area contributed by atoms with Gasteiger partial charge in [-0.2, -0.15) is 0 Å². The lowest BCUT2D eigenvalue weighted by Crippen LogP contribution is -2.44. The van der Waals surface area contributed by atoms with Gasteiger partial charge in [0.05, 0.1) is 5.69 Å². The number of nitrogen functional groups attached to an aromatic ring is 1. The molecule has 1 aliphatic rings. The summed E-state index contributed by atoms with van der Waals surface area (Å²) in [6, 6.07) is 1.52. The molecule has 1 fully saturated rings. The largest absolute Gasteiger partial charge is 0.444 e. The summed E-state index contributed by atoms with van der Waals surface area (Å²) in [5, 5.41) is 10.8. The minimum absolute atomic E-state index is 0.0664. The summed E-state index contributed by atoms with van der Waals surface area (Å²) in [7, 11) is 0. The highest BCUT2D eigenvalue weighted by Gasteiger charge is 2.27. The Labute approximate surface area is 157 Å². The molecule has 1 aromatic rings. The van der Waals surface area contributed by atoms with Crippen LogP contribution in [-0.2, 0) is 4.74 Å². The van der Waals surface area contributed by atoms with Gasteiger partial charge in [0.2, 0.25) is 0 Å². The fourth-order valence-electron chi connectivity index (χ4n) is 2.72. The first kappa shape index (κ1) is 20.2. The number of nitrogens with one attached hydrogen (secondary N) is 2. The van der Waals surface area contributed by atoms with E-state index in [4.69, 9.17) is 22.2 Å². The van der Waals surface area contributed by atoms with Crippen LogP contribution in [0.4, 0.5) is 10.5 Å². The summed E-state index contributed by atoms with van der Waals surface area (Å²) in [5.74, 6) is 4.81. The van der Waals surface area contributed by atoms with Gasteiger partial charge in [-0.3, -0.25) is 10.2 Å². The molecule has 0 aromatic carbocycles. The van der Waals surface area contributed by atoms with Crippen LogP contribution in [0.5, 0.6) is 0 Å². The third-order valence-corrected chi connectivity index (χ3v) is 4.05. The second-order valence-corrected chi connectivity index (χ2v) is 7.61. The van der Waals surface area contributed by atoms with Gasteiger partial charge in [-0.05, 0) is 39.5 Å². The number of halogens is 1. The van der Waals surface area contributed by atoms with E-state index in [1.54, 1.807) is 4.90 Å². The summed E-state index contributed by atoms with van der Waals surface area (Å²) in [5.41, 5.74) is 2.02. The molecule has 0 radical (unpaired) electrons. The second-order valence-electron chi connectivity index (χ2n) is 7.22. The van der Waals surface area contributed by atoms with E-state index in [9.17, 15) is 9.59 Å². The molecule has 2 amide bonds. The number of hydrogen-bond donors (Lipinski definition) is 3. The Balaban J connectivity index is 1.98. The first-order valence-corrected chi connectivity index (χ1v) is 8.83. The van der Waals surface area contributed by atoms with Crippen molar-refractivity contribution in [1.29, 1.82) is 0 Å².